The van der Waals surface area contributed by atoms with E-state index in [1.165, 1.54) is 19.3 Å². The summed E-state index contributed by atoms with van der Waals surface area (Å²) in [6.45, 7) is 4.09. The maximum atomic E-state index is 12.5. The molecule has 1 saturated carbocycles. The number of carbonyl (C=O) groups excluding carboxylic acids is 1. The van der Waals surface area contributed by atoms with Gasteiger partial charge in [0.05, 0.1) is 5.56 Å². The second-order valence-electron chi connectivity index (χ2n) is 6.48. The number of ether oxygens (including phenoxy) is 1. The maximum Gasteiger partial charge on any atom is 0.274 e. The highest BCUT2D eigenvalue weighted by molar-refractivity contribution is 5.94. The molecule has 5 nitrogen and oxygen atoms in total. The van der Waals surface area contributed by atoms with Gasteiger partial charge in [0.15, 0.2) is 5.69 Å². The van der Waals surface area contributed by atoms with Gasteiger partial charge in [0.25, 0.3) is 5.91 Å². The van der Waals surface area contributed by atoms with Crippen LogP contribution in [0.2, 0.25) is 0 Å². The van der Waals surface area contributed by atoms with Gasteiger partial charge in [-0.15, -0.1) is 0 Å². The molecule has 0 atom stereocenters. The molecule has 1 heterocycles. The van der Waals surface area contributed by atoms with Crippen LogP contribution in [0.5, 0.6) is 5.75 Å². The Balaban J connectivity index is 1.67. The normalized spacial score (nSPS) is 15.2. The quantitative estimate of drug-likeness (QED) is 0.903. The van der Waals surface area contributed by atoms with Gasteiger partial charge in [-0.1, -0.05) is 36.6 Å². The third-order valence-electron chi connectivity index (χ3n) is 4.51. The summed E-state index contributed by atoms with van der Waals surface area (Å²) in [5, 5.41) is 7.02. The van der Waals surface area contributed by atoms with Crippen LogP contribution in [-0.2, 0) is 6.61 Å². The molecule has 0 spiro atoms. The fraction of sp³-hybridized carbons (Fsp3) is 0.474. The van der Waals surface area contributed by atoms with Crippen LogP contribution in [0.3, 0.4) is 0 Å². The van der Waals surface area contributed by atoms with Crippen molar-refractivity contribution in [3.63, 3.8) is 0 Å². The van der Waals surface area contributed by atoms with Crippen LogP contribution >= 0.6 is 0 Å². The van der Waals surface area contributed by atoms with E-state index in [1.807, 2.05) is 31.2 Å². The van der Waals surface area contributed by atoms with Crippen LogP contribution < -0.4 is 10.1 Å². The summed E-state index contributed by atoms with van der Waals surface area (Å²) in [5.41, 5.74) is 2.18. The molecule has 0 unspecified atom stereocenters. The first-order chi connectivity index (χ1) is 11.6. The lowest BCUT2D eigenvalue weighted by molar-refractivity contribution is 0.0916. The molecule has 0 bridgehead atoms. The van der Waals surface area contributed by atoms with Crippen molar-refractivity contribution in [3.05, 3.63) is 46.8 Å². The summed E-state index contributed by atoms with van der Waals surface area (Å²) in [5.74, 6) is 1.23. The van der Waals surface area contributed by atoms with Gasteiger partial charge in [0, 0.05) is 6.04 Å². The minimum absolute atomic E-state index is 0.165. The number of amides is 1. The van der Waals surface area contributed by atoms with E-state index < -0.39 is 0 Å². The van der Waals surface area contributed by atoms with E-state index >= 15 is 0 Å². The Kier molecular flexibility index (Phi) is 5.18. The van der Waals surface area contributed by atoms with Crippen molar-refractivity contribution >= 4 is 5.91 Å². The van der Waals surface area contributed by atoms with E-state index in [4.69, 9.17) is 9.26 Å². The number of hydrogen-bond acceptors (Lipinski definition) is 4. The Hall–Kier alpha value is -2.30. The SMILES string of the molecule is Cc1cccc(OCc2c(C(=O)NC3CCCCC3)noc2C)c1. The van der Waals surface area contributed by atoms with Gasteiger partial charge < -0.3 is 14.6 Å². The van der Waals surface area contributed by atoms with Crippen LogP contribution in [0.25, 0.3) is 0 Å². The molecule has 1 N–H and O–H groups in total. The molecule has 128 valence electrons. The van der Waals surface area contributed by atoms with E-state index in [0.717, 1.165) is 24.2 Å². The van der Waals surface area contributed by atoms with Crippen molar-refractivity contribution in [1.29, 1.82) is 0 Å². The van der Waals surface area contributed by atoms with Crippen molar-refractivity contribution in [2.24, 2.45) is 0 Å². The van der Waals surface area contributed by atoms with E-state index in [9.17, 15) is 4.79 Å². The molecular formula is C19H24N2O3. The Morgan fingerprint density at radius 2 is 2.08 bits per heavy atom. The van der Waals surface area contributed by atoms with E-state index in [0.29, 0.717) is 17.0 Å². The molecule has 24 heavy (non-hydrogen) atoms. The Morgan fingerprint density at radius 3 is 2.83 bits per heavy atom. The average Bonchev–Trinajstić information content (AvgIpc) is 2.95. The van der Waals surface area contributed by atoms with Gasteiger partial charge >= 0.3 is 0 Å². The summed E-state index contributed by atoms with van der Waals surface area (Å²) >= 11 is 0. The van der Waals surface area contributed by atoms with Crippen LogP contribution in [0.15, 0.2) is 28.8 Å². The molecule has 1 aromatic heterocycles. The van der Waals surface area contributed by atoms with Crippen LogP contribution in [0, 0.1) is 13.8 Å². The van der Waals surface area contributed by atoms with Gasteiger partial charge in [-0.3, -0.25) is 4.79 Å². The molecule has 1 amide bonds. The molecule has 1 aliphatic carbocycles. The Morgan fingerprint density at radius 1 is 1.29 bits per heavy atom. The van der Waals surface area contributed by atoms with E-state index in [-0.39, 0.29) is 18.6 Å². The standard InChI is InChI=1S/C19H24N2O3/c1-13-7-6-10-16(11-13)23-12-17-14(2)24-21-18(17)19(22)20-15-8-4-3-5-9-15/h6-7,10-11,15H,3-5,8-9,12H2,1-2H3,(H,20,22). The monoisotopic (exact) mass is 328 g/mol. The van der Waals surface area contributed by atoms with Gasteiger partial charge in [-0.2, -0.15) is 0 Å². The fourth-order valence-electron chi connectivity index (χ4n) is 3.10. The number of aromatic nitrogens is 1. The predicted octanol–water partition coefficient (Wildman–Crippen LogP) is 3.93. The second-order valence-corrected chi connectivity index (χ2v) is 6.48. The Labute approximate surface area is 142 Å². The largest absolute Gasteiger partial charge is 0.489 e. The lowest BCUT2D eigenvalue weighted by Gasteiger charge is -2.22. The number of benzene rings is 1. The number of rotatable bonds is 5. The molecule has 3 rings (SSSR count). The zero-order valence-corrected chi connectivity index (χ0v) is 14.3. The molecule has 2 aromatic rings. The van der Waals surface area contributed by atoms with E-state index in [2.05, 4.69) is 10.5 Å². The summed E-state index contributed by atoms with van der Waals surface area (Å²) in [7, 11) is 0. The van der Waals surface area contributed by atoms with Gasteiger partial charge in [0.1, 0.15) is 18.1 Å². The lowest BCUT2D eigenvalue weighted by Crippen LogP contribution is -2.36. The molecule has 1 aliphatic rings. The molecule has 1 aromatic carbocycles. The van der Waals surface area contributed by atoms with Gasteiger partial charge in [0.2, 0.25) is 0 Å². The average molecular weight is 328 g/mol. The van der Waals surface area contributed by atoms with Gasteiger partial charge in [-0.05, 0) is 44.4 Å². The summed E-state index contributed by atoms with van der Waals surface area (Å²) in [4.78, 5) is 12.5. The minimum Gasteiger partial charge on any atom is -0.489 e. The molecule has 0 saturated heterocycles. The number of carbonyl (C=O) groups is 1. The first-order valence-electron chi connectivity index (χ1n) is 8.59. The predicted molar refractivity (Wildman–Crippen MR) is 91.1 cm³/mol. The number of nitrogens with zero attached hydrogens (tertiary/aromatic N) is 1. The molecule has 0 aliphatic heterocycles. The van der Waals surface area contributed by atoms with Gasteiger partial charge in [-0.25, -0.2) is 0 Å². The fourth-order valence-corrected chi connectivity index (χ4v) is 3.10. The number of hydrogen-bond donors (Lipinski definition) is 1. The third-order valence-corrected chi connectivity index (χ3v) is 4.51. The second kappa shape index (κ2) is 7.51. The first-order valence-corrected chi connectivity index (χ1v) is 8.59. The summed E-state index contributed by atoms with van der Waals surface area (Å²) in [6, 6.07) is 8.07. The zero-order chi connectivity index (χ0) is 16.9. The molecule has 5 heteroatoms. The van der Waals surface area contributed by atoms with Crippen LogP contribution in [0.1, 0.15) is 59.5 Å². The highest BCUT2D eigenvalue weighted by Gasteiger charge is 2.23. The highest BCUT2D eigenvalue weighted by atomic mass is 16.5. The first kappa shape index (κ1) is 16.6. The van der Waals surface area contributed by atoms with Crippen LogP contribution in [0.4, 0.5) is 0 Å². The minimum atomic E-state index is -0.165. The van der Waals surface area contributed by atoms with E-state index in [1.54, 1.807) is 6.92 Å². The van der Waals surface area contributed by atoms with Crippen molar-refractivity contribution in [1.82, 2.24) is 10.5 Å². The van der Waals surface area contributed by atoms with Crippen molar-refractivity contribution in [3.8, 4) is 5.75 Å². The maximum absolute atomic E-state index is 12.5. The highest BCUT2D eigenvalue weighted by Crippen LogP contribution is 2.21. The summed E-state index contributed by atoms with van der Waals surface area (Å²) in [6.07, 6.45) is 5.68. The molecule has 1 fully saturated rings. The lowest BCUT2D eigenvalue weighted by atomic mass is 9.95. The molecule has 0 radical (unpaired) electrons. The van der Waals surface area contributed by atoms with Crippen molar-refractivity contribution < 1.29 is 14.1 Å². The third kappa shape index (κ3) is 3.96. The van der Waals surface area contributed by atoms with Crippen molar-refractivity contribution in [2.45, 2.75) is 58.6 Å². The smallest absolute Gasteiger partial charge is 0.274 e. The van der Waals surface area contributed by atoms with Crippen molar-refractivity contribution in [2.75, 3.05) is 0 Å². The molecular weight excluding hydrogens is 304 g/mol. The number of aryl methyl sites for hydroxylation is 2. The Bertz CT molecular complexity index is 702. The summed E-state index contributed by atoms with van der Waals surface area (Å²) < 4.78 is 11.0. The zero-order valence-electron chi connectivity index (χ0n) is 14.3. The number of nitrogens with one attached hydrogen (secondary N) is 1. The van der Waals surface area contributed by atoms with Crippen LogP contribution in [-0.4, -0.2) is 17.1 Å². The topological polar surface area (TPSA) is 64.4 Å².